The Bertz CT molecular complexity index is 906. The van der Waals surface area contributed by atoms with E-state index >= 15 is 0 Å². The number of imidazole rings is 1. The molecule has 0 spiro atoms. The summed E-state index contributed by atoms with van der Waals surface area (Å²) in [4.78, 5) is 4.17. The van der Waals surface area contributed by atoms with Gasteiger partial charge >= 0.3 is 0 Å². The predicted molar refractivity (Wildman–Crippen MR) is 86.1 cm³/mol. The van der Waals surface area contributed by atoms with E-state index < -0.39 is 10.0 Å². The van der Waals surface area contributed by atoms with Gasteiger partial charge in [0.05, 0.1) is 5.75 Å². The zero-order chi connectivity index (χ0) is 15.6. The molecular formula is C15H14ClN3O2S. The van der Waals surface area contributed by atoms with Crippen molar-refractivity contribution < 1.29 is 8.42 Å². The molecule has 0 aliphatic rings. The van der Waals surface area contributed by atoms with Crippen molar-refractivity contribution in [2.45, 2.75) is 12.3 Å². The highest BCUT2D eigenvalue weighted by Gasteiger charge is 2.13. The summed E-state index contributed by atoms with van der Waals surface area (Å²) in [6, 6.07) is 10.6. The van der Waals surface area contributed by atoms with Crippen LogP contribution in [0.5, 0.6) is 0 Å². The normalized spacial score (nSPS) is 11.9. The Hall–Kier alpha value is -1.89. The van der Waals surface area contributed by atoms with Crippen molar-refractivity contribution >= 4 is 27.3 Å². The molecule has 7 heteroatoms. The first-order valence-corrected chi connectivity index (χ1v) is 8.69. The minimum atomic E-state index is -3.46. The summed E-state index contributed by atoms with van der Waals surface area (Å²) >= 11 is 6.00. The molecule has 0 aliphatic heterocycles. The van der Waals surface area contributed by atoms with Gasteiger partial charge < -0.3 is 4.40 Å². The smallest absolute Gasteiger partial charge is 0.216 e. The number of rotatable bonds is 5. The second kappa shape index (κ2) is 6.08. The molecule has 0 saturated heterocycles. The maximum atomic E-state index is 12.1. The average molecular weight is 336 g/mol. The van der Waals surface area contributed by atoms with Gasteiger partial charge in [-0.3, -0.25) is 0 Å². The minimum absolute atomic E-state index is 0.141. The molecule has 3 rings (SSSR count). The molecule has 0 fully saturated rings. The number of hydrogen-bond donors (Lipinski definition) is 1. The Morgan fingerprint density at radius 2 is 2.00 bits per heavy atom. The number of nitrogens with one attached hydrogen (secondary N) is 1. The molecular weight excluding hydrogens is 322 g/mol. The summed E-state index contributed by atoms with van der Waals surface area (Å²) in [6.45, 7) is 0.218. The van der Waals surface area contributed by atoms with Gasteiger partial charge in [-0.1, -0.05) is 29.8 Å². The topological polar surface area (TPSA) is 63.5 Å². The van der Waals surface area contributed by atoms with Crippen molar-refractivity contribution in [1.29, 1.82) is 0 Å². The number of benzene rings is 1. The van der Waals surface area contributed by atoms with Crippen LogP contribution in [0.4, 0.5) is 0 Å². The largest absolute Gasteiger partial charge is 0.307 e. The van der Waals surface area contributed by atoms with Crippen molar-refractivity contribution in [3.05, 3.63) is 71.1 Å². The van der Waals surface area contributed by atoms with Gasteiger partial charge in [-0.15, -0.1) is 0 Å². The molecule has 2 heterocycles. The second-order valence-electron chi connectivity index (χ2n) is 4.90. The van der Waals surface area contributed by atoms with Crippen LogP contribution in [-0.4, -0.2) is 17.8 Å². The molecule has 0 saturated carbocycles. The molecule has 0 bridgehead atoms. The highest BCUT2D eigenvalue weighted by molar-refractivity contribution is 7.88. The highest BCUT2D eigenvalue weighted by atomic mass is 35.5. The lowest BCUT2D eigenvalue weighted by Gasteiger charge is -2.08. The number of nitrogens with zero attached hydrogens (tertiary/aromatic N) is 2. The van der Waals surface area contributed by atoms with Crippen LogP contribution in [0.15, 0.2) is 55.0 Å². The quantitative estimate of drug-likeness (QED) is 0.779. The highest BCUT2D eigenvalue weighted by Crippen LogP contribution is 2.17. The molecule has 1 aromatic carbocycles. The maximum Gasteiger partial charge on any atom is 0.216 e. The van der Waals surface area contributed by atoms with E-state index in [2.05, 4.69) is 9.71 Å². The third-order valence-corrected chi connectivity index (χ3v) is 4.91. The zero-order valence-corrected chi connectivity index (χ0v) is 13.2. The average Bonchev–Trinajstić information content (AvgIpc) is 2.95. The van der Waals surface area contributed by atoms with E-state index in [9.17, 15) is 8.42 Å². The van der Waals surface area contributed by atoms with E-state index in [1.165, 1.54) is 0 Å². The van der Waals surface area contributed by atoms with E-state index in [1.807, 2.05) is 28.9 Å². The van der Waals surface area contributed by atoms with Crippen LogP contribution in [-0.2, 0) is 22.3 Å². The first-order valence-electron chi connectivity index (χ1n) is 6.66. The Morgan fingerprint density at radius 3 is 2.82 bits per heavy atom. The number of fused-ring (bicyclic) bond motifs is 1. The molecule has 1 N–H and O–H groups in total. The number of sulfonamides is 1. The molecule has 22 heavy (non-hydrogen) atoms. The zero-order valence-electron chi connectivity index (χ0n) is 11.6. The molecule has 0 atom stereocenters. The number of hydrogen-bond acceptors (Lipinski definition) is 3. The molecule has 5 nitrogen and oxygen atoms in total. The fourth-order valence-electron chi connectivity index (χ4n) is 2.13. The lowest BCUT2D eigenvalue weighted by atomic mass is 10.2. The number of aromatic nitrogens is 2. The molecule has 2 aromatic heterocycles. The van der Waals surface area contributed by atoms with E-state index in [4.69, 9.17) is 11.6 Å². The van der Waals surface area contributed by atoms with Crippen molar-refractivity contribution in [2.24, 2.45) is 0 Å². The molecule has 3 aromatic rings. The Morgan fingerprint density at radius 1 is 1.18 bits per heavy atom. The summed E-state index contributed by atoms with van der Waals surface area (Å²) in [5, 5.41) is 0.451. The monoisotopic (exact) mass is 335 g/mol. The summed E-state index contributed by atoms with van der Waals surface area (Å²) in [7, 11) is -3.46. The van der Waals surface area contributed by atoms with Gasteiger partial charge in [0.1, 0.15) is 5.65 Å². The van der Waals surface area contributed by atoms with Gasteiger partial charge in [0.25, 0.3) is 0 Å². The summed E-state index contributed by atoms with van der Waals surface area (Å²) in [6.07, 6.45) is 5.38. The van der Waals surface area contributed by atoms with E-state index in [0.717, 1.165) is 11.2 Å². The molecule has 0 aliphatic carbocycles. The molecule has 0 radical (unpaired) electrons. The van der Waals surface area contributed by atoms with E-state index in [1.54, 1.807) is 30.5 Å². The van der Waals surface area contributed by atoms with Crippen LogP contribution >= 0.6 is 11.6 Å². The Labute approximate surface area is 133 Å². The number of pyridine rings is 1. The van der Waals surface area contributed by atoms with E-state index in [-0.39, 0.29) is 12.3 Å². The molecule has 0 unspecified atom stereocenters. The van der Waals surface area contributed by atoms with Gasteiger partial charge in [-0.2, -0.15) is 0 Å². The van der Waals surface area contributed by atoms with Gasteiger partial charge in [-0.25, -0.2) is 18.1 Å². The summed E-state index contributed by atoms with van der Waals surface area (Å²) in [5.41, 5.74) is 2.21. The van der Waals surface area contributed by atoms with Crippen molar-refractivity contribution in [2.75, 3.05) is 0 Å². The van der Waals surface area contributed by atoms with E-state index in [0.29, 0.717) is 10.6 Å². The SMILES string of the molecule is O=S(=O)(Cc1ccccc1Cl)NCc1ccn2ccnc2c1. The van der Waals surface area contributed by atoms with Gasteiger partial charge in [0.2, 0.25) is 10.0 Å². The second-order valence-corrected chi connectivity index (χ2v) is 7.11. The fraction of sp³-hybridized carbons (Fsp3) is 0.133. The first kappa shape index (κ1) is 15.0. The van der Waals surface area contributed by atoms with Gasteiger partial charge in [0, 0.05) is 30.2 Å². The van der Waals surface area contributed by atoms with Gasteiger partial charge in [0.15, 0.2) is 0 Å². The van der Waals surface area contributed by atoms with Crippen LogP contribution in [0.1, 0.15) is 11.1 Å². The lowest BCUT2D eigenvalue weighted by Crippen LogP contribution is -2.24. The Balaban J connectivity index is 1.70. The van der Waals surface area contributed by atoms with Crippen LogP contribution in [0, 0.1) is 0 Å². The fourth-order valence-corrected chi connectivity index (χ4v) is 3.56. The number of halogens is 1. The first-order chi connectivity index (χ1) is 10.5. The van der Waals surface area contributed by atoms with Gasteiger partial charge in [-0.05, 0) is 29.3 Å². The van der Waals surface area contributed by atoms with Crippen LogP contribution < -0.4 is 4.72 Å². The van der Waals surface area contributed by atoms with Crippen LogP contribution in [0.3, 0.4) is 0 Å². The standard InChI is InChI=1S/C15H14ClN3O2S/c16-14-4-2-1-3-13(14)11-22(20,21)18-10-12-5-7-19-8-6-17-15(19)9-12/h1-9,18H,10-11H2. The van der Waals surface area contributed by atoms with Crippen molar-refractivity contribution in [1.82, 2.24) is 14.1 Å². The predicted octanol–water partition coefficient (Wildman–Crippen LogP) is 2.61. The molecule has 114 valence electrons. The summed E-state index contributed by atoms with van der Waals surface area (Å²) in [5.74, 6) is -0.141. The van der Waals surface area contributed by atoms with Crippen molar-refractivity contribution in [3.63, 3.8) is 0 Å². The van der Waals surface area contributed by atoms with Crippen LogP contribution in [0.25, 0.3) is 5.65 Å². The minimum Gasteiger partial charge on any atom is -0.307 e. The summed E-state index contributed by atoms with van der Waals surface area (Å²) < 4.78 is 28.7. The third-order valence-electron chi connectivity index (χ3n) is 3.26. The maximum absolute atomic E-state index is 12.1. The van der Waals surface area contributed by atoms with Crippen molar-refractivity contribution in [3.8, 4) is 0 Å². The van der Waals surface area contributed by atoms with Crippen LogP contribution in [0.2, 0.25) is 5.02 Å². The lowest BCUT2D eigenvalue weighted by molar-refractivity contribution is 0.580. The molecule has 0 amide bonds. The Kier molecular flexibility index (Phi) is 4.15. The third kappa shape index (κ3) is 3.47.